The minimum absolute atomic E-state index is 0. The van der Waals surface area contributed by atoms with E-state index in [1.54, 1.807) is 56.7 Å². The molecule has 0 aliphatic carbocycles. The van der Waals surface area contributed by atoms with Crippen molar-refractivity contribution in [2.75, 3.05) is 25.2 Å². The number of ether oxygens (including phenoxy) is 2. The number of methoxy groups -OCH3 is 2. The number of rotatable bonds is 8. The molecule has 29 heavy (non-hydrogen) atoms. The molecular weight excluding hydrogens is 418 g/mol. The van der Waals surface area contributed by atoms with Gasteiger partial charge in [0.15, 0.2) is 0 Å². The smallest absolute Gasteiger partial charge is 0.315 e. The van der Waals surface area contributed by atoms with Crippen LogP contribution in [0.25, 0.3) is 0 Å². The topological polar surface area (TPSA) is 106 Å². The summed E-state index contributed by atoms with van der Waals surface area (Å²) in [6, 6.07) is 11.5. The van der Waals surface area contributed by atoms with Gasteiger partial charge in [-0.25, -0.2) is 13.2 Å². The Morgan fingerprint density at radius 3 is 2.41 bits per heavy atom. The van der Waals surface area contributed by atoms with Gasteiger partial charge in [-0.3, -0.25) is 4.72 Å². The summed E-state index contributed by atoms with van der Waals surface area (Å²) >= 11 is 0. The van der Waals surface area contributed by atoms with E-state index in [0.717, 1.165) is 11.8 Å². The Balaban J connectivity index is 0.00000420. The maximum Gasteiger partial charge on any atom is 0.315 e. The molecule has 2 amide bonds. The summed E-state index contributed by atoms with van der Waals surface area (Å²) in [7, 11) is -0.285. The van der Waals surface area contributed by atoms with Crippen LogP contribution in [0.4, 0.5) is 10.5 Å². The van der Waals surface area contributed by atoms with Gasteiger partial charge >= 0.3 is 6.03 Å². The molecule has 2 aromatic rings. The van der Waals surface area contributed by atoms with Crippen LogP contribution in [-0.4, -0.2) is 34.9 Å². The average molecular weight is 444 g/mol. The molecule has 2 aromatic carbocycles. The number of carbonyl (C=O) groups is 1. The van der Waals surface area contributed by atoms with Gasteiger partial charge in [0.05, 0.1) is 32.2 Å². The van der Waals surface area contributed by atoms with Crippen LogP contribution in [-0.2, 0) is 16.6 Å². The second-order valence-electron chi connectivity index (χ2n) is 6.19. The highest BCUT2D eigenvalue weighted by Crippen LogP contribution is 2.29. The van der Waals surface area contributed by atoms with Crippen molar-refractivity contribution < 1.29 is 22.7 Å². The van der Waals surface area contributed by atoms with Crippen molar-refractivity contribution in [3.63, 3.8) is 0 Å². The maximum absolute atomic E-state index is 12.3. The number of anilines is 1. The number of sulfonamides is 1. The molecule has 8 nitrogen and oxygen atoms in total. The second-order valence-corrected chi connectivity index (χ2v) is 7.94. The quantitative estimate of drug-likeness (QED) is 0.581. The average Bonchev–Trinajstić information content (AvgIpc) is 2.65. The van der Waals surface area contributed by atoms with Gasteiger partial charge in [0.2, 0.25) is 10.0 Å². The van der Waals surface area contributed by atoms with Crippen LogP contribution in [0.3, 0.4) is 0 Å². The minimum Gasteiger partial charge on any atom is -0.497 e. The van der Waals surface area contributed by atoms with Gasteiger partial charge < -0.3 is 20.1 Å². The molecule has 160 valence electrons. The zero-order chi connectivity index (χ0) is 20.7. The van der Waals surface area contributed by atoms with Crippen LogP contribution >= 0.6 is 12.4 Å². The van der Waals surface area contributed by atoms with Crippen LogP contribution in [0.2, 0.25) is 0 Å². The van der Waals surface area contributed by atoms with Gasteiger partial charge in [0.25, 0.3) is 0 Å². The van der Waals surface area contributed by atoms with Crippen molar-refractivity contribution >= 4 is 34.1 Å². The number of carbonyl (C=O) groups excluding carboxylic acids is 1. The number of para-hydroxylation sites is 1. The van der Waals surface area contributed by atoms with Crippen LogP contribution in [0, 0.1) is 0 Å². The summed E-state index contributed by atoms with van der Waals surface area (Å²) in [5, 5.41) is 5.57. The Bertz CT molecular complexity index is 937. The largest absolute Gasteiger partial charge is 0.497 e. The Morgan fingerprint density at radius 1 is 1.10 bits per heavy atom. The Hall–Kier alpha value is -2.65. The fraction of sp³-hybridized carbons (Fsp3) is 0.316. The molecule has 0 saturated carbocycles. The monoisotopic (exact) mass is 443 g/mol. The first-order valence-corrected chi connectivity index (χ1v) is 10.4. The third-order valence-electron chi connectivity index (χ3n) is 4.00. The normalized spacial score (nSPS) is 11.6. The third kappa shape index (κ3) is 7.35. The molecule has 0 bridgehead atoms. The van der Waals surface area contributed by atoms with E-state index in [1.165, 1.54) is 0 Å². The van der Waals surface area contributed by atoms with Gasteiger partial charge in [-0.1, -0.05) is 18.2 Å². The van der Waals surface area contributed by atoms with Gasteiger partial charge in [0, 0.05) is 12.1 Å². The van der Waals surface area contributed by atoms with Gasteiger partial charge in [-0.05, 0) is 36.8 Å². The summed E-state index contributed by atoms with van der Waals surface area (Å²) < 4.78 is 36.0. The van der Waals surface area contributed by atoms with Crippen LogP contribution < -0.4 is 24.8 Å². The molecule has 2 rings (SSSR count). The van der Waals surface area contributed by atoms with Crippen LogP contribution in [0.15, 0.2) is 42.5 Å². The molecular formula is C19H26ClN3O5S. The molecule has 0 spiro atoms. The molecule has 0 saturated heterocycles. The van der Waals surface area contributed by atoms with E-state index in [9.17, 15) is 13.2 Å². The summed E-state index contributed by atoms with van der Waals surface area (Å²) in [5.74, 6) is 1.29. The minimum atomic E-state index is -3.41. The molecule has 10 heteroatoms. The van der Waals surface area contributed by atoms with Crippen molar-refractivity contribution in [3.05, 3.63) is 53.6 Å². The number of hydrogen-bond acceptors (Lipinski definition) is 5. The predicted molar refractivity (Wildman–Crippen MR) is 115 cm³/mol. The summed E-state index contributed by atoms with van der Waals surface area (Å²) in [4.78, 5) is 12.3. The van der Waals surface area contributed by atoms with E-state index in [0.29, 0.717) is 22.7 Å². The number of nitrogens with one attached hydrogen (secondary N) is 3. The summed E-state index contributed by atoms with van der Waals surface area (Å²) in [6.07, 6.45) is 1.08. The number of hydrogen-bond donors (Lipinski definition) is 3. The van der Waals surface area contributed by atoms with Gasteiger partial charge in [0.1, 0.15) is 11.5 Å². The Labute approximate surface area is 177 Å². The fourth-order valence-electron chi connectivity index (χ4n) is 2.65. The standard InChI is InChI=1S/C19H25N3O5S.ClH/c1-13(16-11-15(26-2)9-10-18(16)27-3)21-19(23)20-12-14-7-5-6-8-17(14)22-28(4,24)25;/h5-11,13,22H,12H2,1-4H3,(H2,20,21,23);1H. The number of benzene rings is 2. The number of amides is 2. The van der Waals surface area contributed by atoms with Gasteiger partial charge in [-0.15, -0.1) is 12.4 Å². The molecule has 0 fully saturated rings. The summed E-state index contributed by atoms with van der Waals surface area (Å²) in [5.41, 5.74) is 1.85. The summed E-state index contributed by atoms with van der Waals surface area (Å²) in [6.45, 7) is 1.99. The highest BCUT2D eigenvalue weighted by molar-refractivity contribution is 7.92. The van der Waals surface area contributed by atoms with E-state index >= 15 is 0 Å². The molecule has 3 N–H and O–H groups in total. The molecule has 1 atom stereocenters. The fourth-order valence-corrected chi connectivity index (χ4v) is 3.25. The van der Waals surface area contributed by atoms with E-state index < -0.39 is 16.1 Å². The lowest BCUT2D eigenvalue weighted by molar-refractivity contribution is 0.237. The van der Waals surface area contributed by atoms with Crippen molar-refractivity contribution in [2.24, 2.45) is 0 Å². The van der Waals surface area contributed by atoms with Crippen molar-refractivity contribution in [1.82, 2.24) is 10.6 Å². The third-order valence-corrected chi connectivity index (χ3v) is 4.59. The molecule has 0 aliphatic heterocycles. The van der Waals surface area contributed by atoms with E-state index in [4.69, 9.17) is 9.47 Å². The van der Waals surface area contributed by atoms with Gasteiger partial charge in [-0.2, -0.15) is 0 Å². The first kappa shape index (κ1) is 24.4. The Morgan fingerprint density at radius 2 is 1.79 bits per heavy atom. The number of urea groups is 1. The SMILES string of the molecule is COc1ccc(OC)c(C(C)NC(=O)NCc2ccccc2NS(C)(=O)=O)c1.Cl. The van der Waals surface area contributed by atoms with Crippen molar-refractivity contribution in [2.45, 2.75) is 19.5 Å². The van der Waals surface area contributed by atoms with Crippen molar-refractivity contribution in [3.8, 4) is 11.5 Å². The van der Waals surface area contributed by atoms with Crippen molar-refractivity contribution in [1.29, 1.82) is 0 Å². The lowest BCUT2D eigenvalue weighted by Gasteiger charge is -2.19. The first-order valence-electron chi connectivity index (χ1n) is 8.55. The Kier molecular flexibility index (Phi) is 9.06. The second kappa shape index (κ2) is 10.8. The van der Waals surface area contributed by atoms with E-state index in [1.807, 2.05) is 6.92 Å². The predicted octanol–water partition coefficient (Wildman–Crippen LogP) is 3.06. The van der Waals surface area contributed by atoms with Crippen LogP contribution in [0.1, 0.15) is 24.1 Å². The zero-order valence-corrected chi connectivity index (χ0v) is 18.3. The molecule has 1 unspecified atom stereocenters. The molecule has 0 radical (unpaired) electrons. The first-order chi connectivity index (χ1) is 13.2. The molecule has 0 heterocycles. The highest BCUT2D eigenvalue weighted by atomic mass is 35.5. The maximum atomic E-state index is 12.3. The van der Waals surface area contributed by atoms with Crippen LogP contribution in [0.5, 0.6) is 11.5 Å². The van der Waals surface area contributed by atoms with E-state index in [2.05, 4.69) is 15.4 Å². The number of halogens is 1. The lowest BCUT2D eigenvalue weighted by atomic mass is 10.1. The highest BCUT2D eigenvalue weighted by Gasteiger charge is 2.15. The zero-order valence-electron chi connectivity index (χ0n) is 16.7. The molecule has 0 aromatic heterocycles. The van der Waals surface area contributed by atoms with E-state index in [-0.39, 0.29) is 25.0 Å². The molecule has 0 aliphatic rings. The lowest BCUT2D eigenvalue weighted by Crippen LogP contribution is -2.36.